The Labute approximate surface area is 226 Å². The Morgan fingerprint density at radius 2 is 1.51 bits per heavy atom. The standard InChI is InChI=1S/C29H32N6O4/c1-19(2)27-26-22(20-6-8-21(9-7-20)33-10-14-38-15-11-33)18-23(29(36)37)30-28(26)35(32-27)25-5-3-4-24(31-25)34-12-16-39-17-13-34/h3-9,18-19H,10-17H2,1-2H3,(H,36,37). The number of hydrogen-bond acceptors (Lipinski definition) is 8. The third-order valence-electron chi connectivity index (χ3n) is 7.26. The zero-order valence-electron chi connectivity index (χ0n) is 22.2. The fourth-order valence-corrected chi connectivity index (χ4v) is 5.22. The summed E-state index contributed by atoms with van der Waals surface area (Å²) in [5, 5.41) is 15.8. The summed E-state index contributed by atoms with van der Waals surface area (Å²) in [7, 11) is 0. The molecule has 2 aliphatic heterocycles. The van der Waals surface area contributed by atoms with Gasteiger partial charge in [-0.2, -0.15) is 9.78 Å². The predicted octanol–water partition coefficient (Wildman–Crippen LogP) is 3.98. The summed E-state index contributed by atoms with van der Waals surface area (Å²) in [6, 6.07) is 15.7. The maximum atomic E-state index is 12.2. The molecule has 0 saturated carbocycles. The van der Waals surface area contributed by atoms with Crippen LogP contribution in [0.2, 0.25) is 0 Å². The number of aromatic nitrogens is 4. The number of carbonyl (C=O) groups is 1. The Kier molecular flexibility index (Phi) is 6.88. The van der Waals surface area contributed by atoms with Crippen molar-refractivity contribution in [3.8, 4) is 16.9 Å². The van der Waals surface area contributed by atoms with E-state index < -0.39 is 5.97 Å². The van der Waals surface area contributed by atoms with Gasteiger partial charge in [0.15, 0.2) is 17.2 Å². The van der Waals surface area contributed by atoms with Crippen LogP contribution in [0.1, 0.15) is 35.9 Å². The molecule has 10 heteroatoms. The lowest BCUT2D eigenvalue weighted by Crippen LogP contribution is -2.36. The topological polar surface area (TPSA) is 106 Å². The van der Waals surface area contributed by atoms with Crippen LogP contribution in [0.4, 0.5) is 11.5 Å². The highest BCUT2D eigenvalue weighted by Crippen LogP contribution is 2.36. The van der Waals surface area contributed by atoms with Crippen molar-refractivity contribution in [1.82, 2.24) is 19.7 Å². The quantitative estimate of drug-likeness (QED) is 0.398. The molecule has 0 atom stereocenters. The average Bonchev–Trinajstić information content (AvgIpc) is 3.38. The minimum absolute atomic E-state index is 0.0319. The monoisotopic (exact) mass is 528 g/mol. The zero-order valence-corrected chi connectivity index (χ0v) is 22.2. The van der Waals surface area contributed by atoms with Crippen molar-refractivity contribution in [3.63, 3.8) is 0 Å². The van der Waals surface area contributed by atoms with Crippen molar-refractivity contribution >= 4 is 28.5 Å². The van der Waals surface area contributed by atoms with Crippen molar-refractivity contribution in [1.29, 1.82) is 0 Å². The lowest BCUT2D eigenvalue weighted by molar-refractivity contribution is 0.0691. The molecule has 5 heterocycles. The van der Waals surface area contributed by atoms with Gasteiger partial charge in [-0.05, 0) is 47.4 Å². The number of carboxylic acid groups (broad SMARTS) is 1. The number of fused-ring (bicyclic) bond motifs is 1. The van der Waals surface area contributed by atoms with Crippen molar-refractivity contribution in [2.75, 3.05) is 62.4 Å². The number of carboxylic acids is 1. The second kappa shape index (κ2) is 10.6. The maximum absolute atomic E-state index is 12.2. The number of nitrogens with zero attached hydrogens (tertiary/aromatic N) is 6. The highest BCUT2D eigenvalue weighted by Gasteiger charge is 2.24. The fraction of sp³-hybridized carbons (Fsp3) is 0.379. The molecule has 4 aromatic rings. The molecular weight excluding hydrogens is 496 g/mol. The van der Waals surface area contributed by atoms with E-state index >= 15 is 0 Å². The summed E-state index contributed by atoms with van der Waals surface area (Å²) in [5.74, 6) is 0.426. The highest BCUT2D eigenvalue weighted by atomic mass is 16.5. The number of morpholine rings is 2. The van der Waals surface area contributed by atoms with Crippen LogP contribution in [-0.2, 0) is 9.47 Å². The molecule has 0 radical (unpaired) electrons. The molecule has 2 saturated heterocycles. The second-order valence-corrected chi connectivity index (χ2v) is 10.1. The third-order valence-corrected chi connectivity index (χ3v) is 7.26. The minimum atomic E-state index is -1.09. The van der Waals surface area contributed by atoms with Crippen LogP contribution < -0.4 is 9.80 Å². The first-order chi connectivity index (χ1) is 19.0. The molecule has 2 fully saturated rings. The third kappa shape index (κ3) is 4.93. The molecule has 0 unspecified atom stereocenters. The molecule has 1 aromatic carbocycles. The lowest BCUT2D eigenvalue weighted by atomic mass is 9.97. The summed E-state index contributed by atoms with van der Waals surface area (Å²) in [6.07, 6.45) is 0. The molecule has 1 N–H and O–H groups in total. The first kappa shape index (κ1) is 25.3. The zero-order chi connectivity index (χ0) is 26.9. The van der Waals surface area contributed by atoms with Gasteiger partial charge < -0.3 is 24.4 Å². The van der Waals surface area contributed by atoms with E-state index in [0.29, 0.717) is 37.9 Å². The first-order valence-electron chi connectivity index (χ1n) is 13.4. The molecule has 0 bridgehead atoms. The van der Waals surface area contributed by atoms with E-state index in [1.165, 1.54) is 0 Å². The number of ether oxygens (including phenoxy) is 2. The van der Waals surface area contributed by atoms with Crippen LogP contribution in [0, 0.1) is 0 Å². The Bertz CT molecular complexity index is 1490. The second-order valence-electron chi connectivity index (χ2n) is 10.1. The van der Waals surface area contributed by atoms with Crippen LogP contribution >= 0.6 is 0 Å². The molecule has 2 aliphatic rings. The van der Waals surface area contributed by atoms with E-state index in [4.69, 9.17) is 19.6 Å². The summed E-state index contributed by atoms with van der Waals surface area (Å²) in [5.41, 5.74) is 4.13. The smallest absolute Gasteiger partial charge is 0.354 e. The number of rotatable bonds is 6. The van der Waals surface area contributed by atoms with Gasteiger partial charge >= 0.3 is 5.97 Å². The predicted molar refractivity (Wildman–Crippen MR) is 149 cm³/mol. The number of pyridine rings is 2. The summed E-state index contributed by atoms with van der Waals surface area (Å²) < 4.78 is 12.7. The van der Waals surface area contributed by atoms with Crippen molar-refractivity contribution < 1.29 is 19.4 Å². The fourth-order valence-electron chi connectivity index (χ4n) is 5.22. The summed E-state index contributed by atoms with van der Waals surface area (Å²) >= 11 is 0. The minimum Gasteiger partial charge on any atom is -0.477 e. The Balaban J connectivity index is 1.49. The number of hydrogen-bond donors (Lipinski definition) is 1. The normalized spacial score (nSPS) is 16.3. The highest BCUT2D eigenvalue weighted by molar-refractivity contribution is 6.00. The number of aromatic carboxylic acids is 1. The SMILES string of the molecule is CC(C)c1nn(-c2cccc(N3CCOCC3)n2)c2nc(C(=O)O)cc(-c3ccc(N4CCOCC4)cc3)c12. The van der Waals surface area contributed by atoms with Crippen LogP contribution in [0.5, 0.6) is 0 Å². The summed E-state index contributed by atoms with van der Waals surface area (Å²) in [6.45, 7) is 10.1. The molecule has 6 rings (SSSR count). The van der Waals surface area contributed by atoms with Gasteiger partial charge in [0.05, 0.1) is 37.5 Å². The molecule has 0 aliphatic carbocycles. The molecule has 10 nitrogen and oxygen atoms in total. The molecule has 3 aromatic heterocycles. The molecular formula is C29H32N6O4. The van der Waals surface area contributed by atoms with Crippen LogP contribution in [0.3, 0.4) is 0 Å². The Hall–Kier alpha value is -4.02. The molecule has 0 amide bonds. The van der Waals surface area contributed by atoms with Crippen molar-refractivity contribution in [3.05, 3.63) is 59.9 Å². The first-order valence-corrected chi connectivity index (χ1v) is 13.4. The lowest BCUT2D eigenvalue weighted by Gasteiger charge is -2.29. The number of benzene rings is 1. The van der Waals surface area contributed by atoms with E-state index in [9.17, 15) is 9.90 Å². The Morgan fingerprint density at radius 3 is 2.15 bits per heavy atom. The van der Waals surface area contributed by atoms with Gasteiger partial charge in [0.2, 0.25) is 0 Å². The van der Waals surface area contributed by atoms with E-state index in [1.807, 2.05) is 30.3 Å². The van der Waals surface area contributed by atoms with Crippen LogP contribution in [-0.4, -0.2) is 83.4 Å². The van der Waals surface area contributed by atoms with E-state index in [1.54, 1.807) is 10.7 Å². The molecule has 39 heavy (non-hydrogen) atoms. The maximum Gasteiger partial charge on any atom is 0.354 e. The van der Waals surface area contributed by atoms with Crippen LogP contribution in [0.15, 0.2) is 48.5 Å². The van der Waals surface area contributed by atoms with Gasteiger partial charge in [0, 0.05) is 31.9 Å². The van der Waals surface area contributed by atoms with E-state index in [-0.39, 0.29) is 11.6 Å². The van der Waals surface area contributed by atoms with Gasteiger partial charge in [-0.25, -0.2) is 14.8 Å². The summed E-state index contributed by atoms with van der Waals surface area (Å²) in [4.78, 5) is 26.1. The van der Waals surface area contributed by atoms with Gasteiger partial charge in [-0.15, -0.1) is 0 Å². The van der Waals surface area contributed by atoms with E-state index in [0.717, 1.165) is 59.9 Å². The van der Waals surface area contributed by atoms with Gasteiger partial charge in [0.25, 0.3) is 0 Å². The van der Waals surface area contributed by atoms with E-state index in [2.05, 4.69) is 40.8 Å². The van der Waals surface area contributed by atoms with Crippen LogP contribution in [0.25, 0.3) is 28.0 Å². The number of anilines is 2. The largest absolute Gasteiger partial charge is 0.477 e. The van der Waals surface area contributed by atoms with Gasteiger partial charge in [-0.3, -0.25) is 0 Å². The van der Waals surface area contributed by atoms with Gasteiger partial charge in [-0.1, -0.05) is 32.0 Å². The molecule has 202 valence electrons. The van der Waals surface area contributed by atoms with Crippen molar-refractivity contribution in [2.45, 2.75) is 19.8 Å². The van der Waals surface area contributed by atoms with Gasteiger partial charge in [0.1, 0.15) is 5.82 Å². The Morgan fingerprint density at radius 1 is 0.872 bits per heavy atom. The average molecular weight is 529 g/mol. The van der Waals surface area contributed by atoms with Crippen molar-refractivity contribution in [2.24, 2.45) is 0 Å². The molecule has 0 spiro atoms.